The van der Waals surface area contributed by atoms with Crippen LogP contribution in [-0.4, -0.2) is 46.4 Å². The first kappa shape index (κ1) is 19.0. The first-order valence-electron chi connectivity index (χ1n) is 6.39. The van der Waals surface area contributed by atoms with Crippen LogP contribution < -0.4 is 15.4 Å². The molecule has 0 unspecified atom stereocenters. The van der Waals surface area contributed by atoms with Gasteiger partial charge in [-0.25, -0.2) is 0 Å². The first-order chi connectivity index (χ1) is 9.26. The van der Waals surface area contributed by atoms with Gasteiger partial charge in [0.25, 0.3) is 0 Å². The lowest BCUT2D eigenvalue weighted by Gasteiger charge is -2.12. The van der Waals surface area contributed by atoms with Crippen molar-refractivity contribution in [2.24, 2.45) is 4.99 Å². The van der Waals surface area contributed by atoms with Gasteiger partial charge < -0.3 is 20.1 Å². The van der Waals surface area contributed by atoms with E-state index in [1.165, 1.54) is 5.56 Å². The van der Waals surface area contributed by atoms with Gasteiger partial charge in [-0.1, -0.05) is 12.1 Å². The average molecular weight is 393 g/mol. The minimum atomic E-state index is 0. The highest BCUT2D eigenvalue weighted by atomic mass is 127. The molecule has 0 heterocycles. The monoisotopic (exact) mass is 393 g/mol. The Balaban J connectivity index is 0.00000361. The Hall–Kier alpha value is -1.02. The maximum atomic E-state index is 5.64. The molecule has 5 nitrogen and oxygen atoms in total. The van der Waals surface area contributed by atoms with Crippen molar-refractivity contribution in [1.82, 2.24) is 10.6 Å². The van der Waals surface area contributed by atoms with Gasteiger partial charge in [-0.15, -0.1) is 24.0 Å². The van der Waals surface area contributed by atoms with Crippen LogP contribution in [0.5, 0.6) is 5.75 Å². The van der Waals surface area contributed by atoms with Gasteiger partial charge in [0.2, 0.25) is 0 Å². The molecule has 0 aromatic heterocycles. The van der Waals surface area contributed by atoms with Crippen LogP contribution in [0.4, 0.5) is 0 Å². The van der Waals surface area contributed by atoms with E-state index in [1.54, 1.807) is 14.2 Å². The number of nitrogens with zero attached hydrogens (tertiary/aromatic N) is 1. The number of benzene rings is 1. The van der Waals surface area contributed by atoms with Crippen LogP contribution >= 0.6 is 24.0 Å². The number of nitrogens with one attached hydrogen (secondary N) is 2. The fraction of sp³-hybridized carbons (Fsp3) is 0.500. The molecular weight excluding hydrogens is 369 g/mol. The number of methoxy groups -OCH3 is 1. The van der Waals surface area contributed by atoms with Crippen molar-refractivity contribution in [2.45, 2.75) is 6.92 Å². The molecule has 1 aromatic rings. The maximum absolute atomic E-state index is 5.64. The molecular formula is C14H24IN3O2. The quantitative estimate of drug-likeness (QED) is 0.321. The van der Waals surface area contributed by atoms with E-state index in [0.717, 1.165) is 18.3 Å². The molecule has 0 saturated heterocycles. The van der Waals surface area contributed by atoms with E-state index in [9.17, 15) is 0 Å². The van der Waals surface area contributed by atoms with Gasteiger partial charge in [0.1, 0.15) is 12.4 Å². The SMILES string of the molecule is CN=C(NCCOC)NCCOc1cccc(C)c1.I. The fourth-order valence-electron chi connectivity index (χ4n) is 1.54. The van der Waals surface area contributed by atoms with Gasteiger partial charge in [-0.3, -0.25) is 4.99 Å². The van der Waals surface area contributed by atoms with E-state index >= 15 is 0 Å². The summed E-state index contributed by atoms with van der Waals surface area (Å²) in [7, 11) is 3.41. The van der Waals surface area contributed by atoms with Crippen LogP contribution in [0.1, 0.15) is 5.56 Å². The van der Waals surface area contributed by atoms with E-state index in [1.807, 2.05) is 31.2 Å². The highest BCUT2D eigenvalue weighted by Gasteiger charge is 1.97. The lowest BCUT2D eigenvalue weighted by Crippen LogP contribution is -2.40. The fourth-order valence-corrected chi connectivity index (χ4v) is 1.54. The molecule has 0 spiro atoms. The molecule has 0 aliphatic heterocycles. The summed E-state index contributed by atoms with van der Waals surface area (Å²) >= 11 is 0. The van der Waals surface area contributed by atoms with Crippen molar-refractivity contribution in [3.05, 3.63) is 29.8 Å². The summed E-state index contributed by atoms with van der Waals surface area (Å²) in [6.07, 6.45) is 0. The normalized spacial score (nSPS) is 10.7. The van der Waals surface area contributed by atoms with Crippen LogP contribution in [0.2, 0.25) is 0 Å². The Morgan fingerprint density at radius 2 is 1.90 bits per heavy atom. The van der Waals surface area contributed by atoms with Gasteiger partial charge in [-0.05, 0) is 24.6 Å². The molecule has 2 N–H and O–H groups in total. The van der Waals surface area contributed by atoms with Crippen LogP contribution in [0.15, 0.2) is 29.3 Å². The molecule has 0 fully saturated rings. The molecule has 114 valence electrons. The van der Waals surface area contributed by atoms with Crippen molar-refractivity contribution < 1.29 is 9.47 Å². The second-order valence-corrected chi connectivity index (χ2v) is 4.08. The van der Waals surface area contributed by atoms with Crippen molar-refractivity contribution >= 4 is 29.9 Å². The predicted molar refractivity (Wildman–Crippen MR) is 93.3 cm³/mol. The van der Waals surface area contributed by atoms with E-state index < -0.39 is 0 Å². The number of hydrogen-bond acceptors (Lipinski definition) is 3. The summed E-state index contributed by atoms with van der Waals surface area (Å²) in [5, 5.41) is 6.31. The molecule has 0 radical (unpaired) electrons. The molecule has 6 heteroatoms. The standard InChI is InChI=1S/C14H23N3O2.HI/c1-12-5-4-6-13(11-12)19-10-8-17-14(15-2)16-7-9-18-3;/h4-6,11H,7-10H2,1-3H3,(H2,15,16,17);1H. The number of rotatable bonds is 7. The number of aliphatic imine (C=N–C) groups is 1. The van der Waals surface area contributed by atoms with Crippen molar-refractivity contribution in [3.63, 3.8) is 0 Å². The van der Waals surface area contributed by atoms with Crippen LogP contribution in [0.3, 0.4) is 0 Å². The third-order valence-electron chi connectivity index (χ3n) is 2.48. The summed E-state index contributed by atoms with van der Waals surface area (Å²) in [6.45, 7) is 4.72. The number of aryl methyl sites for hydroxylation is 1. The zero-order valence-electron chi connectivity index (χ0n) is 12.3. The number of halogens is 1. The largest absolute Gasteiger partial charge is 0.492 e. The molecule has 0 bridgehead atoms. The molecule has 20 heavy (non-hydrogen) atoms. The van der Waals surface area contributed by atoms with Crippen molar-refractivity contribution in [1.29, 1.82) is 0 Å². The number of ether oxygens (including phenoxy) is 2. The zero-order valence-corrected chi connectivity index (χ0v) is 14.6. The van der Waals surface area contributed by atoms with E-state index in [0.29, 0.717) is 19.8 Å². The number of hydrogen-bond donors (Lipinski definition) is 2. The first-order valence-corrected chi connectivity index (χ1v) is 6.39. The molecule has 0 saturated carbocycles. The van der Waals surface area contributed by atoms with Gasteiger partial charge in [0, 0.05) is 20.7 Å². The van der Waals surface area contributed by atoms with E-state index in [-0.39, 0.29) is 24.0 Å². The Labute approximate surface area is 138 Å². The molecule has 0 aliphatic carbocycles. The third-order valence-corrected chi connectivity index (χ3v) is 2.48. The topological polar surface area (TPSA) is 54.9 Å². The predicted octanol–water partition coefficient (Wildman–Crippen LogP) is 1.80. The number of guanidine groups is 1. The summed E-state index contributed by atoms with van der Waals surface area (Å²) in [5.41, 5.74) is 1.20. The van der Waals surface area contributed by atoms with Crippen LogP contribution in [-0.2, 0) is 4.74 Å². The third kappa shape index (κ3) is 8.21. The lowest BCUT2D eigenvalue weighted by atomic mass is 10.2. The smallest absolute Gasteiger partial charge is 0.191 e. The summed E-state index contributed by atoms with van der Waals surface area (Å²) in [5.74, 6) is 1.65. The Bertz CT molecular complexity index is 400. The van der Waals surface area contributed by atoms with E-state index in [2.05, 4.69) is 15.6 Å². The van der Waals surface area contributed by atoms with Gasteiger partial charge in [0.15, 0.2) is 5.96 Å². The lowest BCUT2D eigenvalue weighted by molar-refractivity contribution is 0.203. The second kappa shape index (κ2) is 11.8. The Morgan fingerprint density at radius 3 is 2.50 bits per heavy atom. The average Bonchev–Trinajstić information content (AvgIpc) is 2.41. The molecule has 0 aliphatic rings. The van der Waals surface area contributed by atoms with Crippen molar-refractivity contribution in [2.75, 3.05) is 40.5 Å². The molecule has 0 atom stereocenters. The Morgan fingerprint density at radius 1 is 1.20 bits per heavy atom. The summed E-state index contributed by atoms with van der Waals surface area (Å²) < 4.78 is 10.6. The highest BCUT2D eigenvalue weighted by Crippen LogP contribution is 2.11. The molecule has 1 rings (SSSR count). The van der Waals surface area contributed by atoms with Crippen LogP contribution in [0.25, 0.3) is 0 Å². The zero-order chi connectivity index (χ0) is 13.9. The highest BCUT2D eigenvalue weighted by molar-refractivity contribution is 14.0. The molecule has 1 aromatic carbocycles. The van der Waals surface area contributed by atoms with Crippen molar-refractivity contribution in [3.8, 4) is 5.75 Å². The Kier molecular flexibility index (Phi) is 11.2. The minimum absolute atomic E-state index is 0. The van der Waals surface area contributed by atoms with Gasteiger partial charge in [0.05, 0.1) is 13.2 Å². The molecule has 0 amide bonds. The van der Waals surface area contributed by atoms with E-state index in [4.69, 9.17) is 9.47 Å². The van der Waals surface area contributed by atoms with Gasteiger partial charge >= 0.3 is 0 Å². The second-order valence-electron chi connectivity index (χ2n) is 4.08. The van der Waals surface area contributed by atoms with Crippen LogP contribution in [0, 0.1) is 6.92 Å². The minimum Gasteiger partial charge on any atom is -0.492 e. The summed E-state index contributed by atoms with van der Waals surface area (Å²) in [6, 6.07) is 8.01. The maximum Gasteiger partial charge on any atom is 0.191 e. The summed E-state index contributed by atoms with van der Waals surface area (Å²) in [4.78, 5) is 4.10. The van der Waals surface area contributed by atoms with Gasteiger partial charge in [-0.2, -0.15) is 0 Å².